The second-order valence-electron chi connectivity index (χ2n) is 4.96. The Kier molecular flexibility index (Phi) is 6.63. The van der Waals surface area contributed by atoms with Gasteiger partial charge >= 0.3 is 0 Å². The van der Waals surface area contributed by atoms with Crippen LogP contribution >= 0.6 is 11.3 Å². The first-order chi connectivity index (χ1) is 10.3. The molecule has 1 aromatic carbocycles. The number of benzene rings is 1. The van der Waals surface area contributed by atoms with E-state index in [9.17, 15) is 0 Å². The van der Waals surface area contributed by atoms with Gasteiger partial charge in [-0.15, -0.1) is 21.5 Å². The largest absolute Gasteiger partial charge is 0.493 e. The van der Waals surface area contributed by atoms with Gasteiger partial charge in [-0.05, 0) is 44.1 Å². The van der Waals surface area contributed by atoms with Gasteiger partial charge in [0.2, 0.25) is 0 Å². The molecule has 0 aliphatic heterocycles. The molecule has 1 N–H and O–H groups in total. The first-order valence-corrected chi connectivity index (χ1v) is 8.31. The summed E-state index contributed by atoms with van der Waals surface area (Å²) in [5.41, 5.74) is 1.21. The van der Waals surface area contributed by atoms with E-state index in [2.05, 4.69) is 35.4 Å². The fraction of sp³-hybridized carbons (Fsp3) is 0.500. The van der Waals surface area contributed by atoms with Crippen LogP contribution in [0.5, 0.6) is 5.75 Å². The first kappa shape index (κ1) is 15.9. The van der Waals surface area contributed by atoms with Gasteiger partial charge in [0, 0.05) is 12.8 Å². The molecule has 0 aliphatic rings. The van der Waals surface area contributed by atoms with Gasteiger partial charge in [-0.3, -0.25) is 0 Å². The third-order valence-electron chi connectivity index (χ3n) is 3.08. The van der Waals surface area contributed by atoms with E-state index in [1.807, 2.05) is 18.2 Å². The van der Waals surface area contributed by atoms with E-state index in [1.54, 1.807) is 11.3 Å². The van der Waals surface area contributed by atoms with Gasteiger partial charge in [-0.2, -0.15) is 0 Å². The third-order valence-corrected chi connectivity index (χ3v) is 4.12. The van der Waals surface area contributed by atoms with E-state index in [-0.39, 0.29) is 0 Å². The van der Waals surface area contributed by atoms with E-state index in [4.69, 9.17) is 4.74 Å². The van der Waals surface area contributed by atoms with Crippen LogP contribution in [0.3, 0.4) is 0 Å². The quantitative estimate of drug-likeness (QED) is 0.724. The van der Waals surface area contributed by atoms with Gasteiger partial charge < -0.3 is 10.1 Å². The number of hydrogen-bond acceptors (Lipinski definition) is 5. The smallest absolute Gasteiger partial charge is 0.120 e. The Morgan fingerprint density at radius 2 is 2.00 bits per heavy atom. The van der Waals surface area contributed by atoms with Crippen molar-refractivity contribution in [1.82, 2.24) is 15.5 Å². The zero-order valence-electron chi connectivity index (χ0n) is 12.8. The van der Waals surface area contributed by atoms with Crippen molar-refractivity contribution in [2.45, 2.75) is 33.1 Å². The van der Waals surface area contributed by atoms with Crippen molar-refractivity contribution in [3.63, 3.8) is 0 Å². The van der Waals surface area contributed by atoms with Gasteiger partial charge in [0.15, 0.2) is 0 Å². The topological polar surface area (TPSA) is 47.0 Å². The summed E-state index contributed by atoms with van der Waals surface area (Å²) in [6, 6.07) is 8.11. The highest BCUT2D eigenvalue weighted by atomic mass is 32.1. The number of hydrogen-bond donors (Lipinski definition) is 1. The second kappa shape index (κ2) is 8.74. The highest BCUT2D eigenvalue weighted by Crippen LogP contribution is 2.15. The zero-order valence-corrected chi connectivity index (χ0v) is 13.6. The van der Waals surface area contributed by atoms with Gasteiger partial charge in [0.1, 0.15) is 15.8 Å². The van der Waals surface area contributed by atoms with Gasteiger partial charge in [0.25, 0.3) is 0 Å². The van der Waals surface area contributed by atoms with Crippen LogP contribution in [0.4, 0.5) is 0 Å². The van der Waals surface area contributed by atoms with Crippen LogP contribution in [0.2, 0.25) is 0 Å². The van der Waals surface area contributed by atoms with E-state index in [0.29, 0.717) is 6.61 Å². The highest BCUT2D eigenvalue weighted by molar-refractivity contribution is 7.11. The Bertz CT molecular complexity index is 542. The minimum Gasteiger partial charge on any atom is -0.493 e. The second-order valence-corrected chi connectivity index (χ2v) is 6.11. The summed E-state index contributed by atoms with van der Waals surface area (Å²) in [5, 5.41) is 14.0. The number of nitrogens with one attached hydrogen (secondary N) is 1. The molecule has 4 nitrogen and oxygen atoms in total. The molecule has 5 heteroatoms. The molecule has 0 fully saturated rings. The maximum absolute atomic E-state index is 5.74. The van der Waals surface area contributed by atoms with Crippen molar-refractivity contribution in [1.29, 1.82) is 0 Å². The van der Waals surface area contributed by atoms with Crippen molar-refractivity contribution in [3.8, 4) is 5.75 Å². The van der Waals surface area contributed by atoms with Crippen molar-refractivity contribution >= 4 is 11.3 Å². The number of aryl methyl sites for hydroxylation is 2. The predicted octanol–water partition coefficient (Wildman–Crippen LogP) is 3.01. The lowest BCUT2D eigenvalue weighted by Gasteiger charge is -2.04. The molecule has 2 aromatic rings. The van der Waals surface area contributed by atoms with Crippen molar-refractivity contribution in [3.05, 3.63) is 39.8 Å². The van der Waals surface area contributed by atoms with Crippen molar-refractivity contribution < 1.29 is 4.74 Å². The zero-order chi connectivity index (χ0) is 14.9. The molecule has 21 heavy (non-hydrogen) atoms. The summed E-state index contributed by atoms with van der Waals surface area (Å²) >= 11 is 1.70. The summed E-state index contributed by atoms with van der Waals surface area (Å²) in [6.45, 7) is 6.91. The molecule has 0 saturated heterocycles. The lowest BCUT2D eigenvalue weighted by Crippen LogP contribution is -2.14. The van der Waals surface area contributed by atoms with E-state index in [0.717, 1.165) is 48.1 Å². The SMILES string of the molecule is CCNCCCc1nnc(CCOc2cccc(C)c2)s1. The number of ether oxygens (including phenoxy) is 1. The molecule has 0 radical (unpaired) electrons. The third kappa shape index (κ3) is 5.81. The average molecular weight is 305 g/mol. The molecule has 0 amide bonds. The summed E-state index contributed by atoms with van der Waals surface area (Å²) in [6.07, 6.45) is 2.94. The normalized spacial score (nSPS) is 10.8. The fourth-order valence-corrected chi connectivity index (χ4v) is 2.86. The summed E-state index contributed by atoms with van der Waals surface area (Å²) < 4.78 is 5.74. The van der Waals surface area contributed by atoms with Crippen molar-refractivity contribution in [2.24, 2.45) is 0 Å². The molecule has 0 saturated carbocycles. The van der Waals surface area contributed by atoms with Crippen LogP contribution < -0.4 is 10.1 Å². The monoisotopic (exact) mass is 305 g/mol. The van der Waals surface area contributed by atoms with Crippen LogP contribution in [0.25, 0.3) is 0 Å². The molecule has 114 valence electrons. The molecule has 1 heterocycles. The molecular formula is C16H23N3OS. The van der Waals surface area contributed by atoms with Crippen LogP contribution in [-0.4, -0.2) is 29.9 Å². The van der Waals surface area contributed by atoms with Gasteiger partial charge in [-0.25, -0.2) is 0 Å². The Hall–Kier alpha value is -1.46. The standard InChI is InChI=1S/C16H23N3OS/c1-3-17-10-5-8-15-18-19-16(21-15)9-11-20-14-7-4-6-13(2)12-14/h4,6-7,12,17H,3,5,8-11H2,1-2H3. The van der Waals surface area contributed by atoms with E-state index < -0.39 is 0 Å². The molecule has 0 bridgehead atoms. The Labute approximate surface area is 130 Å². The maximum atomic E-state index is 5.74. The lowest BCUT2D eigenvalue weighted by molar-refractivity contribution is 0.321. The molecular weight excluding hydrogens is 282 g/mol. The first-order valence-electron chi connectivity index (χ1n) is 7.49. The van der Waals surface area contributed by atoms with Crippen LogP contribution in [0, 0.1) is 6.92 Å². The van der Waals surface area contributed by atoms with E-state index >= 15 is 0 Å². The average Bonchev–Trinajstić information content (AvgIpc) is 2.92. The van der Waals surface area contributed by atoms with Crippen LogP contribution in [0.1, 0.15) is 28.9 Å². The fourth-order valence-electron chi connectivity index (χ4n) is 1.99. The Balaban J connectivity index is 1.70. The Morgan fingerprint density at radius 3 is 2.76 bits per heavy atom. The maximum Gasteiger partial charge on any atom is 0.120 e. The summed E-state index contributed by atoms with van der Waals surface area (Å²) in [5.74, 6) is 0.922. The molecule has 0 unspecified atom stereocenters. The molecule has 0 atom stereocenters. The van der Waals surface area contributed by atoms with Crippen LogP contribution in [-0.2, 0) is 12.8 Å². The predicted molar refractivity (Wildman–Crippen MR) is 87.2 cm³/mol. The minimum atomic E-state index is 0.648. The van der Waals surface area contributed by atoms with Gasteiger partial charge in [0.05, 0.1) is 6.61 Å². The van der Waals surface area contributed by atoms with E-state index in [1.165, 1.54) is 5.56 Å². The highest BCUT2D eigenvalue weighted by Gasteiger charge is 2.04. The number of nitrogens with zero attached hydrogens (tertiary/aromatic N) is 2. The lowest BCUT2D eigenvalue weighted by atomic mass is 10.2. The Morgan fingerprint density at radius 1 is 1.19 bits per heavy atom. The molecule has 0 aliphatic carbocycles. The molecule has 2 rings (SSSR count). The minimum absolute atomic E-state index is 0.648. The van der Waals surface area contributed by atoms with Crippen molar-refractivity contribution in [2.75, 3.05) is 19.7 Å². The number of aromatic nitrogens is 2. The summed E-state index contributed by atoms with van der Waals surface area (Å²) in [4.78, 5) is 0. The van der Waals surface area contributed by atoms with Gasteiger partial charge in [-0.1, -0.05) is 19.1 Å². The molecule has 0 spiro atoms. The number of rotatable bonds is 9. The molecule has 1 aromatic heterocycles. The van der Waals surface area contributed by atoms with Crippen LogP contribution in [0.15, 0.2) is 24.3 Å². The summed E-state index contributed by atoms with van der Waals surface area (Å²) in [7, 11) is 0.